The molecule has 0 radical (unpaired) electrons. The summed E-state index contributed by atoms with van der Waals surface area (Å²) in [4.78, 5) is 0. The molecule has 1 heterocycles. The van der Waals surface area contributed by atoms with Crippen LogP contribution >= 0.6 is 22.6 Å². The minimum absolute atomic E-state index is 0.176. The summed E-state index contributed by atoms with van der Waals surface area (Å²) in [6, 6.07) is 0. The first-order valence-corrected chi connectivity index (χ1v) is 5.42. The highest BCUT2D eigenvalue weighted by molar-refractivity contribution is 14.1. The van der Waals surface area contributed by atoms with Gasteiger partial charge in [0.25, 0.3) is 0 Å². The summed E-state index contributed by atoms with van der Waals surface area (Å²) in [5.41, 5.74) is 0. The summed E-state index contributed by atoms with van der Waals surface area (Å²) in [5, 5.41) is 0. The molecule has 1 aliphatic heterocycles. The number of rotatable bonds is 4. The van der Waals surface area contributed by atoms with E-state index in [0.717, 1.165) is 13.0 Å². The van der Waals surface area contributed by atoms with Crippen molar-refractivity contribution in [3.63, 3.8) is 0 Å². The lowest BCUT2D eigenvalue weighted by Crippen LogP contribution is -2.25. The van der Waals surface area contributed by atoms with Gasteiger partial charge in [-0.2, -0.15) is 0 Å². The zero-order valence-electron chi connectivity index (χ0n) is 8.28. The third kappa shape index (κ3) is 3.29. The number of halogens is 1. The Hall–Kier alpha value is -0.0500. The van der Waals surface area contributed by atoms with E-state index in [0.29, 0.717) is 10.3 Å². The van der Waals surface area contributed by atoms with Crippen molar-refractivity contribution >= 4 is 22.6 Å². The summed E-state index contributed by atoms with van der Waals surface area (Å²) in [5.74, 6) is 2.52. The Bertz CT molecular complexity index is 237. The Balaban J connectivity index is 2.42. The lowest BCUT2D eigenvalue weighted by molar-refractivity contribution is -0.125. The number of ether oxygens (including phenoxy) is 2. The van der Waals surface area contributed by atoms with Gasteiger partial charge in [-0.05, 0) is 6.42 Å². The molecule has 3 atom stereocenters. The second-order valence-corrected chi connectivity index (χ2v) is 4.42. The van der Waals surface area contributed by atoms with Gasteiger partial charge in [0.1, 0.15) is 0 Å². The summed E-state index contributed by atoms with van der Waals surface area (Å²) < 4.78 is 18.4. The molecule has 0 spiro atoms. The molecule has 72 valence electrons. The van der Waals surface area contributed by atoms with Crippen LogP contribution in [0.4, 0.5) is 0 Å². The van der Waals surface area contributed by atoms with Crippen molar-refractivity contribution in [2.75, 3.05) is 6.61 Å². The monoisotopic (exact) mass is 293 g/mol. The fourth-order valence-electron chi connectivity index (χ4n) is 1.11. The van der Waals surface area contributed by atoms with Gasteiger partial charge in [0.05, 0.1) is 18.0 Å². The Morgan fingerprint density at radius 1 is 2.00 bits per heavy atom. The molecule has 3 heteroatoms. The maximum absolute atomic E-state index is 6.96. The smallest absolute Gasteiger partial charge is 0.170 e. The Labute approximate surface area is 94.2 Å². The van der Waals surface area contributed by atoms with Crippen LogP contribution in [-0.2, 0) is 9.47 Å². The number of terminal acetylenes is 1. The predicted octanol–water partition coefficient (Wildman–Crippen LogP) is 2.13. The molecule has 1 rings (SSSR count). The second kappa shape index (κ2) is 5.63. The van der Waals surface area contributed by atoms with Crippen LogP contribution in [0.5, 0.6) is 0 Å². The maximum Gasteiger partial charge on any atom is 0.170 e. The zero-order valence-corrected chi connectivity index (χ0v) is 9.44. The predicted molar refractivity (Wildman–Crippen MR) is 60.7 cm³/mol. The van der Waals surface area contributed by atoms with Gasteiger partial charge in [-0.3, -0.25) is 0 Å². The van der Waals surface area contributed by atoms with Gasteiger partial charge >= 0.3 is 0 Å². The summed E-state index contributed by atoms with van der Waals surface area (Å²) in [7, 11) is 0. The molecule has 1 saturated heterocycles. The van der Waals surface area contributed by atoms with E-state index < -0.39 is 0 Å². The molecule has 0 aliphatic carbocycles. The van der Waals surface area contributed by atoms with Crippen LogP contribution in [-0.4, -0.2) is 22.9 Å². The topological polar surface area (TPSA) is 18.5 Å². The van der Waals surface area contributed by atoms with E-state index in [2.05, 4.69) is 28.5 Å². The number of alkyl halides is 1. The van der Waals surface area contributed by atoms with Gasteiger partial charge in [0.2, 0.25) is 0 Å². The fraction of sp³-hybridized carbons (Fsp3) is 0.600. The first-order chi connectivity index (χ1) is 6.77. The zero-order chi connectivity index (χ0) is 10.4. The molecule has 0 saturated carbocycles. The molecule has 0 aromatic heterocycles. The summed E-state index contributed by atoms with van der Waals surface area (Å²) in [6.45, 7) is 1.95. The van der Waals surface area contributed by atoms with E-state index in [9.17, 15) is 0 Å². The number of hydrogen-bond acceptors (Lipinski definition) is 2. The first kappa shape index (κ1) is 9.50. The molecule has 0 aromatic carbocycles. The summed E-state index contributed by atoms with van der Waals surface area (Å²) >= 11 is 2.31. The van der Waals surface area contributed by atoms with Crippen molar-refractivity contribution in [2.24, 2.45) is 0 Å². The van der Waals surface area contributed by atoms with Crippen molar-refractivity contribution < 1.29 is 10.8 Å². The molecule has 0 aromatic rings. The fourth-order valence-corrected chi connectivity index (χ4v) is 1.74. The largest absolute Gasteiger partial charge is 0.351 e. The lowest BCUT2D eigenvalue weighted by Gasteiger charge is -2.19. The minimum atomic E-state index is -0.196. The van der Waals surface area contributed by atoms with E-state index in [1.54, 1.807) is 6.08 Å². The van der Waals surface area contributed by atoms with E-state index in [4.69, 9.17) is 17.3 Å². The molecule has 1 aliphatic rings. The highest BCUT2D eigenvalue weighted by atomic mass is 127. The summed E-state index contributed by atoms with van der Waals surface area (Å²) in [6.07, 6.45) is 7.97. The molecule has 0 unspecified atom stereocenters. The van der Waals surface area contributed by atoms with Crippen molar-refractivity contribution in [3.8, 4) is 12.3 Å². The van der Waals surface area contributed by atoms with E-state index >= 15 is 0 Å². The van der Waals surface area contributed by atoms with Crippen LogP contribution in [0.25, 0.3) is 0 Å². The van der Waals surface area contributed by atoms with Crippen LogP contribution in [0.15, 0.2) is 12.6 Å². The van der Waals surface area contributed by atoms with Crippen molar-refractivity contribution in [2.45, 2.75) is 29.2 Å². The molecular weight excluding hydrogens is 279 g/mol. The second-order valence-electron chi connectivity index (χ2n) is 2.82. The lowest BCUT2D eigenvalue weighted by atomic mass is 10.2. The van der Waals surface area contributed by atoms with Gasteiger partial charge in [-0.1, -0.05) is 28.7 Å². The van der Waals surface area contributed by atoms with Crippen molar-refractivity contribution in [1.82, 2.24) is 0 Å². The first-order valence-electron chi connectivity index (χ1n) is 4.75. The molecule has 2 nitrogen and oxygen atoms in total. The van der Waals surface area contributed by atoms with Crippen LogP contribution < -0.4 is 0 Å². The third-order valence-electron chi connectivity index (χ3n) is 1.81. The van der Waals surface area contributed by atoms with Gasteiger partial charge in [0.15, 0.2) is 6.29 Å². The Morgan fingerprint density at radius 3 is 3.38 bits per heavy atom. The molecule has 0 N–H and O–H groups in total. The maximum atomic E-state index is 6.96. The van der Waals surface area contributed by atoms with Crippen LogP contribution in [0, 0.1) is 12.3 Å². The van der Waals surface area contributed by atoms with Crippen LogP contribution in [0.3, 0.4) is 0 Å². The number of hydrogen-bond donors (Lipinski definition) is 0. The van der Waals surface area contributed by atoms with Gasteiger partial charge in [-0.25, -0.2) is 0 Å². The van der Waals surface area contributed by atoms with Gasteiger partial charge in [0, 0.05) is 6.42 Å². The quantitative estimate of drug-likeness (QED) is 0.342. The third-order valence-corrected chi connectivity index (χ3v) is 3.02. The van der Waals surface area contributed by atoms with E-state index in [1.807, 2.05) is 0 Å². The highest BCUT2D eigenvalue weighted by Crippen LogP contribution is 2.24. The highest BCUT2D eigenvalue weighted by Gasteiger charge is 2.28. The Kier molecular flexibility index (Phi) is 4.12. The van der Waals surface area contributed by atoms with Crippen molar-refractivity contribution in [3.05, 3.63) is 12.6 Å². The molecule has 13 heavy (non-hydrogen) atoms. The molecule has 0 amide bonds. The van der Waals surface area contributed by atoms with Gasteiger partial charge in [-0.15, -0.1) is 18.9 Å². The van der Waals surface area contributed by atoms with Crippen LogP contribution in [0.2, 0.25) is 0 Å². The average molecular weight is 293 g/mol. The Morgan fingerprint density at radius 2 is 2.85 bits per heavy atom. The molecule has 0 bridgehead atoms. The van der Waals surface area contributed by atoms with Gasteiger partial charge < -0.3 is 9.47 Å². The normalized spacial score (nSPS) is 31.5. The van der Waals surface area contributed by atoms with E-state index in [1.165, 1.54) is 6.55 Å². The molecule has 1 fully saturated rings. The van der Waals surface area contributed by atoms with E-state index in [-0.39, 0.29) is 12.4 Å². The van der Waals surface area contributed by atoms with Crippen molar-refractivity contribution in [1.29, 1.82) is 0 Å². The minimum Gasteiger partial charge on any atom is -0.351 e. The van der Waals surface area contributed by atoms with Crippen LogP contribution in [0.1, 0.15) is 14.2 Å². The SMILES string of the molecule is [2H]C=C[C@H](CC#C)O[C@H]1OCC[C@@H]1I. The standard InChI is InChI=1S/C10H13IO2/c1-3-5-8(4-2)13-10-9(11)6-7-12-10/h1,4,8-10H,2,5-7H2/t8-,9+,10-/m1/s1/i2D. The molecular formula is C10H13IO2. The average Bonchev–Trinajstić information content (AvgIpc) is 2.53.